The SMILES string of the molecule is COc1cc(C(=O)CCC(O)(c2cc(C3(C)CN(C(C)C)C3)cc(-c3ccc(F)cc3)n2)C(F)(F)F)ccc1OCCO. The van der Waals surface area contributed by atoms with E-state index in [1.54, 1.807) is 6.07 Å². The van der Waals surface area contributed by atoms with E-state index in [0.717, 1.165) is 0 Å². The average molecular weight is 605 g/mol. The van der Waals surface area contributed by atoms with Gasteiger partial charge in [0.15, 0.2) is 17.3 Å². The van der Waals surface area contributed by atoms with Crippen LogP contribution in [0.3, 0.4) is 0 Å². The van der Waals surface area contributed by atoms with Crippen LogP contribution in [0, 0.1) is 5.82 Å². The number of hydrogen-bond acceptors (Lipinski definition) is 7. The Balaban J connectivity index is 1.70. The summed E-state index contributed by atoms with van der Waals surface area (Å²) in [6.45, 7) is 6.95. The molecule has 3 aromatic rings. The van der Waals surface area contributed by atoms with Gasteiger partial charge in [0.25, 0.3) is 0 Å². The Labute approximate surface area is 248 Å². The molecule has 11 heteroatoms. The zero-order valence-corrected chi connectivity index (χ0v) is 24.5. The summed E-state index contributed by atoms with van der Waals surface area (Å²) in [6, 6.07) is 12.6. The Hall–Kier alpha value is -3.54. The molecule has 1 unspecified atom stereocenters. The van der Waals surface area contributed by atoms with Crippen LogP contribution in [0.5, 0.6) is 11.5 Å². The summed E-state index contributed by atoms with van der Waals surface area (Å²) >= 11 is 0. The number of hydrogen-bond donors (Lipinski definition) is 2. The van der Waals surface area contributed by atoms with E-state index in [9.17, 15) is 27.5 Å². The summed E-state index contributed by atoms with van der Waals surface area (Å²) in [5.74, 6) is -0.723. The maximum absolute atomic E-state index is 14.7. The number of benzene rings is 2. The second kappa shape index (κ2) is 12.6. The van der Waals surface area contributed by atoms with Crippen LogP contribution in [0.4, 0.5) is 17.6 Å². The number of alkyl halides is 3. The highest BCUT2D eigenvalue weighted by atomic mass is 19.4. The lowest BCUT2D eigenvalue weighted by molar-refractivity contribution is -0.270. The van der Waals surface area contributed by atoms with Crippen LogP contribution in [0.15, 0.2) is 54.6 Å². The molecule has 0 spiro atoms. The first-order valence-corrected chi connectivity index (χ1v) is 14.0. The van der Waals surface area contributed by atoms with Gasteiger partial charge in [-0.05, 0) is 80.4 Å². The van der Waals surface area contributed by atoms with Gasteiger partial charge in [-0.3, -0.25) is 9.69 Å². The number of methoxy groups -OCH3 is 1. The molecule has 2 heterocycles. The van der Waals surface area contributed by atoms with Crippen molar-refractivity contribution in [2.24, 2.45) is 0 Å². The highest BCUT2D eigenvalue weighted by Crippen LogP contribution is 2.45. The predicted octanol–water partition coefficient (Wildman–Crippen LogP) is 5.66. The van der Waals surface area contributed by atoms with Crippen molar-refractivity contribution in [3.8, 4) is 22.8 Å². The predicted molar refractivity (Wildman–Crippen MR) is 153 cm³/mol. The number of likely N-dealkylation sites (tertiary alicyclic amines) is 1. The van der Waals surface area contributed by atoms with Crippen molar-refractivity contribution in [1.82, 2.24) is 9.88 Å². The van der Waals surface area contributed by atoms with Crippen LogP contribution in [0.1, 0.15) is 55.2 Å². The zero-order chi connectivity index (χ0) is 31.6. The number of ketones is 1. The molecule has 2 aromatic carbocycles. The average Bonchev–Trinajstić information content (AvgIpc) is 2.96. The molecule has 0 saturated carbocycles. The van der Waals surface area contributed by atoms with Crippen molar-refractivity contribution >= 4 is 5.78 Å². The van der Waals surface area contributed by atoms with E-state index in [1.165, 1.54) is 55.6 Å². The van der Waals surface area contributed by atoms with Crippen LogP contribution in [-0.2, 0) is 11.0 Å². The van der Waals surface area contributed by atoms with E-state index < -0.39 is 47.3 Å². The van der Waals surface area contributed by atoms with Crippen LogP contribution in [-0.4, -0.2) is 71.5 Å². The third kappa shape index (κ3) is 6.84. The molecule has 1 aromatic heterocycles. The molecule has 0 radical (unpaired) electrons. The van der Waals surface area contributed by atoms with Crippen LogP contribution >= 0.6 is 0 Å². The molecule has 1 atom stereocenters. The number of carbonyl (C=O) groups is 1. The molecular formula is C32H36F4N2O5. The molecule has 1 aliphatic rings. The number of pyridine rings is 1. The van der Waals surface area contributed by atoms with Crippen molar-refractivity contribution in [3.05, 3.63) is 77.2 Å². The maximum Gasteiger partial charge on any atom is 0.422 e. The largest absolute Gasteiger partial charge is 0.493 e. The van der Waals surface area contributed by atoms with E-state index in [2.05, 4.69) is 9.88 Å². The first-order valence-electron chi connectivity index (χ1n) is 14.0. The Morgan fingerprint density at radius 3 is 2.33 bits per heavy atom. The van der Waals surface area contributed by atoms with Crippen molar-refractivity contribution in [1.29, 1.82) is 0 Å². The number of nitrogens with zero attached hydrogens (tertiary/aromatic N) is 2. The van der Waals surface area contributed by atoms with Crippen molar-refractivity contribution < 1.29 is 42.0 Å². The number of rotatable bonds is 12. The molecule has 0 amide bonds. The van der Waals surface area contributed by atoms with Gasteiger partial charge in [0.2, 0.25) is 5.60 Å². The first-order chi connectivity index (χ1) is 20.2. The van der Waals surface area contributed by atoms with E-state index in [-0.39, 0.29) is 42.0 Å². The number of carbonyl (C=O) groups excluding carboxylic acids is 1. The smallest absolute Gasteiger partial charge is 0.422 e. The number of halogens is 4. The fraction of sp³-hybridized carbons (Fsp3) is 0.438. The maximum atomic E-state index is 14.7. The Morgan fingerprint density at radius 2 is 1.74 bits per heavy atom. The number of ether oxygens (including phenoxy) is 2. The Morgan fingerprint density at radius 1 is 1.07 bits per heavy atom. The summed E-state index contributed by atoms with van der Waals surface area (Å²) in [5, 5.41) is 20.3. The van der Waals surface area contributed by atoms with Crippen molar-refractivity contribution in [2.75, 3.05) is 33.4 Å². The lowest BCUT2D eigenvalue weighted by atomic mass is 9.73. The topological polar surface area (TPSA) is 92.1 Å². The Bertz CT molecular complexity index is 1440. The zero-order valence-electron chi connectivity index (χ0n) is 24.5. The summed E-state index contributed by atoms with van der Waals surface area (Å²) in [4.78, 5) is 19.5. The Kier molecular flexibility index (Phi) is 9.48. The molecule has 0 bridgehead atoms. The van der Waals surface area contributed by atoms with Gasteiger partial charge in [0, 0.05) is 42.1 Å². The molecule has 1 aliphatic heterocycles. The third-order valence-electron chi connectivity index (χ3n) is 7.94. The van der Waals surface area contributed by atoms with Crippen molar-refractivity contribution in [2.45, 2.75) is 56.8 Å². The third-order valence-corrected chi connectivity index (χ3v) is 7.94. The van der Waals surface area contributed by atoms with Gasteiger partial charge in [-0.1, -0.05) is 6.92 Å². The van der Waals surface area contributed by atoms with E-state index >= 15 is 0 Å². The van der Waals surface area contributed by atoms with Gasteiger partial charge in [-0.2, -0.15) is 13.2 Å². The highest BCUT2D eigenvalue weighted by Gasteiger charge is 2.56. The van der Waals surface area contributed by atoms with Gasteiger partial charge in [0.05, 0.1) is 25.1 Å². The quantitative estimate of drug-likeness (QED) is 0.204. The molecule has 1 saturated heterocycles. The molecule has 1 fully saturated rings. The van der Waals surface area contributed by atoms with Crippen LogP contribution in [0.2, 0.25) is 0 Å². The van der Waals surface area contributed by atoms with Gasteiger partial charge in [-0.25, -0.2) is 9.37 Å². The fourth-order valence-corrected chi connectivity index (χ4v) is 5.23. The molecule has 0 aliphatic carbocycles. The highest BCUT2D eigenvalue weighted by molar-refractivity contribution is 5.96. The normalized spacial score (nSPS) is 16.4. The molecular weight excluding hydrogens is 568 g/mol. The van der Waals surface area contributed by atoms with E-state index in [0.29, 0.717) is 24.2 Å². The first kappa shape index (κ1) is 32.4. The minimum atomic E-state index is -5.16. The van der Waals surface area contributed by atoms with Gasteiger partial charge < -0.3 is 19.7 Å². The fourth-order valence-electron chi connectivity index (χ4n) is 5.23. The van der Waals surface area contributed by atoms with Gasteiger partial charge in [-0.15, -0.1) is 0 Å². The minimum Gasteiger partial charge on any atom is -0.493 e. The lowest BCUT2D eigenvalue weighted by Gasteiger charge is -2.51. The second-order valence-electron chi connectivity index (χ2n) is 11.4. The molecule has 7 nitrogen and oxygen atoms in total. The molecule has 232 valence electrons. The summed E-state index contributed by atoms with van der Waals surface area (Å²) in [5.41, 5.74) is -3.39. The summed E-state index contributed by atoms with van der Waals surface area (Å²) in [6.07, 6.45) is -6.79. The minimum absolute atomic E-state index is 0.0111. The van der Waals surface area contributed by atoms with Gasteiger partial charge in [0.1, 0.15) is 12.4 Å². The summed E-state index contributed by atoms with van der Waals surface area (Å²) < 4.78 is 68.3. The molecule has 2 N–H and O–H groups in total. The van der Waals surface area contributed by atoms with E-state index in [1.807, 2.05) is 20.8 Å². The van der Waals surface area contributed by atoms with Crippen LogP contribution in [0.25, 0.3) is 11.3 Å². The standard InChI is InChI=1S/C32H36F4N2O5/c1-20(2)38-18-30(3,19-38)23-16-25(21-5-8-24(33)9-6-21)37-29(17-23)31(41,32(34,35)36)12-11-26(40)22-7-10-27(43-14-13-39)28(15-22)42-4/h5-10,15-17,20,39,41H,11-14,18-19H2,1-4H3. The van der Waals surface area contributed by atoms with Crippen molar-refractivity contribution in [3.63, 3.8) is 0 Å². The second-order valence-corrected chi connectivity index (χ2v) is 11.4. The van der Waals surface area contributed by atoms with Crippen LogP contribution < -0.4 is 9.47 Å². The molecule has 4 rings (SSSR count). The number of aliphatic hydroxyl groups is 2. The summed E-state index contributed by atoms with van der Waals surface area (Å²) in [7, 11) is 1.35. The van der Waals surface area contributed by atoms with Gasteiger partial charge >= 0.3 is 6.18 Å². The lowest BCUT2D eigenvalue weighted by Crippen LogP contribution is -2.59. The molecule has 43 heavy (non-hydrogen) atoms. The number of aliphatic hydroxyl groups excluding tert-OH is 1. The number of aromatic nitrogens is 1. The van der Waals surface area contributed by atoms with E-state index in [4.69, 9.17) is 14.6 Å². The monoisotopic (exact) mass is 604 g/mol. The number of Topliss-reactive ketones (excluding diaryl/α,β-unsaturated/α-hetero) is 1.